The highest BCUT2D eigenvalue weighted by Crippen LogP contribution is 2.15. The summed E-state index contributed by atoms with van der Waals surface area (Å²) in [6, 6.07) is 11.2. The van der Waals surface area contributed by atoms with Crippen LogP contribution < -0.4 is 5.32 Å². The lowest BCUT2D eigenvalue weighted by atomic mass is 9.98. The molecule has 2 unspecified atom stereocenters. The molecule has 0 aromatic heterocycles. The lowest BCUT2D eigenvalue weighted by molar-refractivity contribution is 0.398. The number of nitrogens with one attached hydrogen (secondary N) is 1. The van der Waals surface area contributed by atoms with Gasteiger partial charge in [0.1, 0.15) is 0 Å². The van der Waals surface area contributed by atoms with E-state index in [1.807, 2.05) is 0 Å². The van der Waals surface area contributed by atoms with Crippen molar-refractivity contribution in [2.75, 3.05) is 6.54 Å². The number of benzene rings is 1. The second-order valence-corrected chi connectivity index (χ2v) is 4.96. The predicted molar refractivity (Wildman–Crippen MR) is 76.2 cm³/mol. The Bertz CT molecular complexity index is 281. The number of hydrogen-bond acceptors (Lipinski definition) is 1. The molecule has 17 heavy (non-hydrogen) atoms. The van der Waals surface area contributed by atoms with E-state index >= 15 is 0 Å². The van der Waals surface area contributed by atoms with Crippen molar-refractivity contribution >= 4 is 0 Å². The van der Waals surface area contributed by atoms with Crippen molar-refractivity contribution in [2.24, 2.45) is 5.92 Å². The van der Waals surface area contributed by atoms with Crippen molar-refractivity contribution in [3.63, 3.8) is 0 Å². The van der Waals surface area contributed by atoms with Crippen molar-refractivity contribution in [2.45, 2.75) is 52.5 Å². The quantitative estimate of drug-likeness (QED) is 0.694. The SMILES string of the molecule is CCCCC(CC)CNC(C)c1ccccc1. The summed E-state index contributed by atoms with van der Waals surface area (Å²) in [5.41, 5.74) is 1.39. The molecule has 0 aliphatic rings. The normalized spacial score (nSPS) is 14.5. The maximum atomic E-state index is 3.66. The Hall–Kier alpha value is -0.820. The van der Waals surface area contributed by atoms with E-state index in [2.05, 4.69) is 56.4 Å². The molecule has 0 fully saturated rings. The van der Waals surface area contributed by atoms with Crippen LogP contribution in [0.5, 0.6) is 0 Å². The zero-order valence-electron chi connectivity index (χ0n) is 11.6. The van der Waals surface area contributed by atoms with Gasteiger partial charge in [0.25, 0.3) is 0 Å². The second-order valence-electron chi connectivity index (χ2n) is 4.96. The highest BCUT2D eigenvalue weighted by Gasteiger charge is 2.09. The first-order valence-electron chi connectivity index (χ1n) is 7.06. The van der Waals surface area contributed by atoms with E-state index < -0.39 is 0 Å². The fourth-order valence-electron chi connectivity index (χ4n) is 2.15. The minimum Gasteiger partial charge on any atom is -0.310 e. The van der Waals surface area contributed by atoms with Crippen molar-refractivity contribution in [1.29, 1.82) is 0 Å². The molecular formula is C16H27N. The second kappa shape index (κ2) is 8.30. The maximum absolute atomic E-state index is 3.66. The van der Waals surface area contributed by atoms with Gasteiger partial charge in [0.05, 0.1) is 0 Å². The molecule has 1 N–H and O–H groups in total. The van der Waals surface area contributed by atoms with Gasteiger partial charge in [-0.25, -0.2) is 0 Å². The van der Waals surface area contributed by atoms with Crippen molar-refractivity contribution in [3.8, 4) is 0 Å². The molecule has 96 valence electrons. The molecule has 1 aromatic carbocycles. The summed E-state index contributed by atoms with van der Waals surface area (Å²) in [7, 11) is 0. The first kappa shape index (κ1) is 14.2. The molecule has 0 heterocycles. The summed E-state index contributed by atoms with van der Waals surface area (Å²) in [6.45, 7) is 7.97. The highest BCUT2D eigenvalue weighted by molar-refractivity contribution is 5.17. The van der Waals surface area contributed by atoms with Gasteiger partial charge in [-0.15, -0.1) is 0 Å². The Morgan fingerprint density at radius 3 is 2.41 bits per heavy atom. The maximum Gasteiger partial charge on any atom is 0.0291 e. The van der Waals surface area contributed by atoms with E-state index in [1.54, 1.807) is 0 Å². The van der Waals surface area contributed by atoms with Crippen molar-refractivity contribution in [1.82, 2.24) is 5.32 Å². The summed E-state index contributed by atoms with van der Waals surface area (Å²) in [4.78, 5) is 0. The molecule has 0 spiro atoms. The Balaban J connectivity index is 2.33. The van der Waals surface area contributed by atoms with Crippen LogP contribution in [-0.4, -0.2) is 6.54 Å². The van der Waals surface area contributed by atoms with Gasteiger partial charge in [0, 0.05) is 6.04 Å². The molecule has 1 rings (SSSR count). The largest absolute Gasteiger partial charge is 0.310 e. The monoisotopic (exact) mass is 233 g/mol. The summed E-state index contributed by atoms with van der Waals surface area (Å²) >= 11 is 0. The minimum absolute atomic E-state index is 0.465. The van der Waals surface area contributed by atoms with Crippen molar-refractivity contribution in [3.05, 3.63) is 35.9 Å². The van der Waals surface area contributed by atoms with Gasteiger partial charge in [0.2, 0.25) is 0 Å². The zero-order valence-corrected chi connectivity index (χ0v) is 11.6. The molecule has 0 aliphatic carbocycles. The highest BCUT2D eigenvalue weighted by atomic mass is 14.9. The Kier molecular flexibility index (Phi) is 6.95. The molecule has 1 nitrogen and oxygen atoms in total. The van der Waals surface area contributed by atoms with Crippen LogP contribution in [0.4, 0.5) is 0 Å². The molecule has 0 aliphatic heterocycles. The molecule has 0 bridgehead atoms. The third-order valence-corrected chi connectivity index (χ3v) is 3.56. The standard InChI is InChI=1S/C16H27N/c1-4-6-10-15(5-2)13-17-14(3)16-11-8-7-9-12-16/h7-9,11-12,14-15,17H,4-6,10,13H2,1-3H3. The summed E-state index contributed by atoms with van der Waals surface area (Å²) in [6.07, 6.45) is 5.32. The van der Waals surface area contributed by atoms with Gasteiger partial charge in [-0.2, -0.15) is 0 Å². The van der Waals surface area contributed by atoms with Crippen LogP contribution in [0.25, 0.3) is 0 Å². The smallest absolute Gasteiger partial charge is 0.0291 e. The Morgan fingerprint density at radius 1 is 1.12 bits per heavy atom. The summed E-state index contributed by atoms with van der Waals surface area (Å²) in [5.74, 6) is 0.834. The summed E-state index contributed by atoms with van der Waals surface area (Å²) in [5, 5.41) is 3.66. The average molecular weight is 233 g/mol. The minimum atomic E-state index is 0.465. The van der Waals surface area contributed by atoms with Gasteiger partial charge in [0.15, 0.2) is 0 Å². The van der Waals surface area contributed by atoms with E-state index in [1.165, 1.54) is 31.2 Å². The Morgan fingerprint density at radius 2 is 1.82 bits per heavy atom. The lowest BCUT2D eigenvalue weighted by Gasteiger charge is -2.19. The number of rotatable bonds is 8. The van der Waals surface area contributed by atoms with Crippen LogP contribution in [0.3, 0.4) is 0 Å². The first-order chi connectivity index (χ1) is 8.27. The van der Waals surface area contributed by atoms with E-state index in [0.717, 1.165) is 12.5 Å². The van der Waals surface area contributed by atoms with Crippen LogP contribution in [0.15, 0.2) is 30.3 Å². The fraction of sp³-hybridized carbons (Fsp3) is 0.625. The topological polar surface area (TPSA) is 12.0 Å². The van der Waals surface area contributed by atoms with Crippen LogP contribution in [0.2, 0.25) is 0 Å². The van der Waals surface area contributed by atoms with Gasteiger partial charge in [-0.05, 0) is 31.4 Å². The van der Waals surface area contributed by atoms with Gasteiger partial charge in [-0.1, -0.05) is 63.4 Å². The molecule has 0 saturated carbocycles. The van der Waals surface area contributed by atoms with Crippen molar-refractivity contribution < 1.29 is 0 Å². The van der Waals surface area contributed by atoms with Crippen LogP contribution >= 0.6 is 0 Å². The average Bonchev–Trinajstić information content (AvgIpc) is 2.39. The molecular weight excluding hydrogens is 206 g/mol. The molecule has 0 amide bonds. The predicted octanol–water partition coefficient (Wildman–Crippen LogP) is 4.55. The fourth-order valence-corrected chi connectivity index (χ4v) is 2.15. The molecule has 0 radical (unpaired) electrons. The van der Waals surface area contributed by atoms with Gasteiger partial charge < -0.3 is 5.32 Å². The first-order valence-corrected chi connectivity index (χ1v) is 7.06. The van der Waals surface area contributed by atoms with Crippen LogP contribution in [0, 0.1) is 5.92 Å². The van der Waals surface area contributed by atoms with E-state index in [-0.39, 0.29) is 0 Å². The zero-order chi connectivity index (χ0) is 12.5. The Labute approximate surface area is 107 Å². The lowest BCUT2D eigenvalue weighted by Crippen LogP contribution is -2.25. The van der Waals surface area contributed by atoms with Crippen LogP contribution in [0.1, 0.15) is 58.1 Å². The molecule has 1 heteroatoms. The van der Waals surface area contributed by atoms with E-state index in [4.69, 9.17) is 0 Å². The van der Waals surface area contributed by atoms with Gasteiger partial charge >= 0.3 is 0 Å². The number of unbranched alkanes of at least 4 members (excludes halogenated alkanes) is 1. The molecule has 2 atom stereocenters. The van der Waals surface area contributed by atoms with Crippen LogP contribution in [-0.2, 0) is 0 Å². The van der Waals surface area contributed by atoms with E-state index in [9.17, 15) is 0 Å². The van der Waals surface area contributed by atoms with Gasteiger partial charge in [-0.3, -0.25) is 0 Å². The van der Waals surface area contributed by atoms with E-state index in [0.29, 0.717) is 6.04 Å². The molecule has 0 saturated heterocycles. The molecule has 1 aromatic rings. The summed E-state index contributed by atoms with van der Waals surface area (Å²) < 4.78 is 0. The third kappa shape index (κ3) is 5.36. The number of hydrogen-bond donors (Lipinski definition) is 1. The third-order valence-electron chi connectivity index (χ3n) is 3.56.